The Hall–Kier alpha value is -3.90. The number of para-hydroxylation sites is 1. The van der Waals surface area contributed by atoms with Crippen LogP contribution in [0.4, 0.5) is 10.8 Å². The SMILES string of the molecule is Cc1nc(NC(=O)Cn2cnc3sc(C(=O)Nc4ccccc4)c(C)c3c2=O)sc1C(=O)OCC(C)C. The molecule has 0 spiro atoms. The van der Waals surface area contributed by atoms with Gasteiger partial charge in [0.2, 0.25) is 5.91 Å². The summed E-state index contributed by atoms with van der Waals surface area (Å²) in [6, 6.07) is 9.01. The number of aromatic nitrogens is 3. The van der Waals surface area contributed by atoms with Crippen LogP contribution < -0.4 is 16.2 Å². The van der Waals surface area contributed by atoms with Crippen molar-refractivity contribution in [3.63, 3.8) is 0 Å². The van der Waals surface area contributed by atoms with Crippen LogP contribution in [0.15, 0.2) is 41.5 Å². The number of fused-ring (bicyclic) bond motifs is 1. The number of thiazole rings is 1. The second-order valence-corrected chi connectivity index (χ2v) is 10.7. The van der Waals surface area contributed by atoms with E-state index in [-0.39, 0.29) is 30.1 Å². The summed E-state index contributed by atoms with van der Waals surface area (Å²) >= 11 is 2.13. The molecule has 2 N–H and O–H groups in total. The molecule has 37 heavy (non-hydrogen) atoms. The second-order valence-electron chi connectivity index (χ2n) is 8.71. The summed E-state index contributed by atoms with van der Waals surface area (Å²) in [5.41, 5.74) is 1.16. The first-order chi connectivity index (χ1) is 17.6. The van der Waals surface area contributed by atoms with Crippen molar-refractivity contribution in [1.82, 2.24) is 14.5 Å². The predicted octanol–water partition coefficient (Wildman–Crippen LogP) is 4.24. The highest BCUT2D eigenvalue weighted by molar-refractivity contribution is 7.20. The van der Waals surface area contributed by atoms with Gasteiger partial charge in [-0.25, -0.2) is 14.8 Å². The van der Waals surface area contributed by atoms with Crippen molar-refractivity contribution in [2.75, 3.05) is 17.2 Å². The van der Waals surface area contributed by atoms with Gasteiger partial charge in [0.1, 0.15) is 16.3 Å². The average molecular weight is 540 g/mol. The van der Waals surface area contributed by atoms with Gasteiger partial charge in [0.15, 0.2) is 5.13 Å². The quantitative estimate of drug-likeness (QED) is 0.320. The van der Waals surface area contributed by atoms with E-state index in [4.69, 9.17) is 4.74 Å². The van der Waals surface area contributed by atoms with Gasteiger partial charge in [-0.3, -0.25) is 19.0 Å². The zero-order chi connectivity index (χ0) is 26.7. The summed E-state index contributed by atoms with van der Waals surface area (Å²) in [4.78, 5) is 60.5. The Bertz CT molecular complexity index is 1540. The molecule has 0 saturated heterocycles. The predicted molar refractivity (Wildman–Crippen MR) is 144 cm³/mol. The minimum Gasteiger partial charge on any atom is -0.461 e. The zero-order valence-electron chi connectivity index (χ0n) is 20.7. The van der Waals surface area contributed by atoms with Crippen molar-refractivity contribution in [3.05, 3.63) is 68.0 Å². The van der Waals surface area contributed by atoms with Crippen LogP contribution in [0, 0.1) is 19.8 Å². The third kappa shape index (κ3) is 5.92. The molecule has 192 valence electrons. The van der Waals surface area contributed by atoms with Crippen molar-refractivity contribution >= 4 is 61.5 Å². The monoisotopic (exact) mass is 539 g/mol. The number of nitrogens with zero attached hydrogens (tertiary/aromatic N) is 3. The molecule has 0 atom stereocenters. The van der Waals surface area contributed by atoms with E-state index in [0.717, 1.165) is 22.7 Å². The number of aryl methyl sites for hydroxylation is 2. The molecular weight excluding hydrogens is 514 g/mol. The Morgan fingerprint density at radius 1 is 1.05 bits per heavy atom. The molecule has 0 bridgehead atoms. The molecule has 0 aliphatic heterocycles. The van der Waals surface area contributed by atoms with Crippen molar-refractivity contribution in [1.29, 1.82) is 0 Å². The molecule has 0 saturated carbocycles. The molecule has 10 nitrogen and oxygen atoms in total. The average Bonchev–Trinajstić information content (AvgIpc) is 3.39. The highest BCUT2D eigenvalue weighted by atomic mass is 32.1. The van der Waals surface area contributed by atoms with Gasteiger partial charge in [-0.2, -0.15) is 0 Å². The fraction of sp³-hybridized carbons (Fsp3) is 0.280. The number of carbonyl (C=O) groups is 3. The first-order valence-electron chi connectivity index (χ1n) is 11.4. The van der Waals surface area contributed by atoms with Crippen LogP contribution in [0.1, 0.15) is 44.4 Å². The molecule has 0 aliphatic carbocycles. The summed E-state index contributed by atoms with van der Waals surface area (Å²) in [7, 11) is 0. The first kappa shape index (κ1) is 26.2. The maximum Gasteiger partial charge on any atom is 0.350 e. The Labute approximate surface area is 220 Å². The molecule has 3 aromatic heterocycles. The molecule has 12 heteroatoms. The Kier molecular flexibility index (Phi) is 7.79. The highest BCUT2D eigenvalue weighted by Crippen LogP contribution is 2.28. The fourth-order valence-electron chi connectivity index (χ4n) is 3.46. The van der Waals surface area contributed by atoms with Gasteiger partial charge in [-0.1, -0.05) is 43.4 Å². The number of hydrogen-bond acceptors (Lipinski definition) is 9. The first-order valence-corrected chi connectivity index (χ1v) is 13.1. The largest absolute Gasteiger partial charge is 0.461 e. The van der Waals surface area contributed by atoms with E-state index in [1.165, 1.54) is 10.9 Å². The number of carbonyl (C=O) groups excluding carboxylic acids is 3. The van der Waals surface area contributed by atoms with Crippen LogP contribution in [0.3, 0.4) is 0 Å². The van der Waals surface area contributed by atoms with Crippen LogP contribution in [0.25, 0.3) is 10.2 Å². The van der Waals surface area contributed by atoms with Crippen LogP contribution in [0.2, 0.25) is 0 Å². The minimum absolute atomic E-state index is 0.196. The number of benzene rings is 1. The van der Waals surface area contributed by atoms with Crippen LogP contribution >= 0.6 is 22.7 Å². The van der Waals surface area contributed by atoms with E-state index < -0.39 is 17.4 Å². The number of nitrogens with one attached hydrogen (secondary N) is 2. The van der Waals surface area contributed by atoms with Gasteiger partial charge in [-0.15, -0.1) is 11.3 Å². The lowest BCUT2D eigenvalue weighted by Crippen LogP contribution is -2.27. The Morgan fingerprint density at radius 3 is 2.49 bits per heavy atom. The third-order valence-electron chi connectivity index (χ3n) is 5.25. The number of amides is 2. The standard InChI is InChI=1S/C25H25N5O5S2/c1-13(2)11-35-24(34)20-15(4)27-25(37-20)29-17(31)10-30-12-26-22-18(23(30)33)14(3)19(36-22)21(32)28-16-8-6-5-7-9-16/h5-9,12-13H,10-11H2,1-4H3,(H,28,32)(H,27,29,31). The smallest absolute Gasteiger partial charge is 0.350 e. The Morgan fingerprint density at radius 2 is 1.78 bits per heavy atom. The van der Waals surface area contributed by atoms with Crippen molar-refractivity contribution in [2.45, 2.75) is 34.2 Å². The van der Waals surface area contributed by atoms with E-state index >= 15 is 0 Å². The van der Waals surface area contributed by atoms with E-state index in [1.54, 1.807) is 26.0 Å². The lowest BCUT2D eigenvalue weighted by Gasteiger charge is -2.06. The van der Waals surface area contributed by atoms with Gasteiger partial charge in [0.25, 0.3) is 11.5 Å². The minimum atomic E-state index is -0.506. The Balaban J connectivity index is 1.49. The lowest BCUT2D eigenvalue weighted by atomic mass is 10.2. The van der Waals surface area contributed by atoms with Crippen LogP contribution in [-0.4, -0.2) is 38.9 Å². The molecule has 3 heterocycles. The number of anilines is 2. The summed E-state index contributed by atoms with van der Waals surface area (Å²) in [6.07, 6.45) is 1.28. The number of esters is 1. The number of rotatable bonds is 8. The molecule has 0 aliphatic rings. The van der Waals surface area contributed by atoms with Crippen LogP contribution in [-0.2, 0) is 16.1 Å². The second kappa shape index (κ2) is 11.0. The molecule has 4 aromatic rings. The van der Waals surface area contributed by atoms with Crippen LogP contribution in [0.5, 0.6) is 0 Å². The fourth-order valence-corrected chi connectivity index (χ4v) is 5.37. The summed E-state index contributed by atoms with van der Waals surface area (Å²) in [5.74, 6) is -1.14. The maximum atomic E-state index is 13.1. The highest BCUT2D eigenvalue weighted by Gasteiger charge is 2.21. The number of ether oxygens (including phenoxy) is 1. The molecule has 0 radical (unpaired) electrons. The zero-order valence-corrected chi connectivity index (χ0v) is 22.3. The molecule has 2 amide bonds. The van der Waals surface area contributed by atoms with Gasteiger partial charge in [0, 0.05) is 5.69 Å². The van der Waals surface area contributed by atoms with Crippen molar-refractivity contribution < 1.29 is 19.1 Å². The topological polar surface area (TPSA) is 132 Å². The van der Waals surface area contributed by atoms with Gasteiger partial charge in [0.05, 0.1) is 28.9 Å². The lowest BCUT2D eigenvalue weighted by molar-refractivity contribution is -0.116. The molecule has 0 unspecified atom stereocenters. The van der Waals surface area contributed by atoms with E-state index in [2.05, 4.69) is 20.6 Å². The van der Waals surface area contributed by atoms with E-state index in [9.17, 15) is 19.2 Å². The number of thiophene rings is 1. The normalized spacial score (nSPS) is 11.1. The van der Waals surface area contributed by atoms with Gasteiger partial charge < -0.3 is 15.4 Å². The summed E-state index contributed by atoms with van der Waals surface area (Å²) < 4.78 is 6.42. The molecule has 1 aromatic carbocycles. The maximum absolute atomic E-state index is 13.1. The van der Waals surface area contributed by atoms with Gasteiger partial charge >= 0.3 is 5.97 Å². The molecular formula is C25H25N5O5S2. The van der Waals surface area contributed by atoms with E-state index in [0.29, 0.717) is 36.9 Å². The summed E-state index contributed by atoms with van der Waals surface area (Å²) in [5, 5.41) is 5.96. The van der Waals surface area contributed by atoms with Gasteiger partial charge in [-0.05, 0) is 37.5 Å². The molecule has 4 rings (SSSR count). The number of hydrogen-bond donors (Lipinski definition) is 2. The van der Waals surface area contributed by atoms with E-state index in [1.807, 2.05) is 32.0 Å². The van der Waals surface area contributed by atoms with Crippen molar-refractivity contribution in [2.24, 2.45) is 5.92 Å². The summed E-state index contributed by atoms with van der Waals surface area (Å²) in [6.45, 7) is 7.19. The van der Waals surface area contributed by atoms with Crippen molar-refractivity contribution in [3.8, 4) is 0 Å². The third-order valence-corrected chi connectivity index (χ3v) is 7.50. The molecule has 0 fully saturated rings.